The fraction of sp³-hybridized carbons (Fsp3) is 0.417. The summed E-state index contributed by atoms with van der Waals surface area (Å²) in [5.74, 6) is -0.707. The SMILES string of the molecule is CC(O)CCN(C)c1ccc(C(N)=O)cc1[N+](=O)[O-]. The predicted octanol–water partition coefficient (Wildman–Crippen LogP) is 0.901. The van der Waals surface area contributed by atoms with Gasteiger partial charge in [-0.1, -0.05) is 0 Å². The van der Waals surface area contributed by atoms with E-state index in [9.17, 15) is 20.0 Å². The Kier molecular flexibility index (Phi) is 4.82. The number of nitrogens with two attached hydrogens (primary N) is 1. The Morgan fingerprint density at radius 1 is 1.58 bits per heavy atom. The van der Waals surface area contributed by atoms with Crippen LogP contribution < -0.4 is 10.6 Å². The van der Waals surface area contributed by atoms with E-state index in [1.807, 2.05) is 0 Å². The molecule has 0 bridgehead atoms. The number of amides is 1. The van der Waals surface area contributed by atoms with Crippen LogP contribution in [-0.2, 0) is 0 Å². The van der Waals surface area contributed by atoms with Crippen molar-refractivity contribution in [3.05, 3.63) is 33.9 Å². The van der Waals surface area contributed by atoms with Crippen molar-refractivity contribution < 1.29 is 14.8 Å². The summed E-state index contributed by atoms with van der Waals surface area (Å²) in [6.45, 7) is 2.12. The largest absolute Gasteiger partial charge is 0.393 e. The van der Waals surface area contributed by atoms with E-state index in [2.05, 4.69) is 0 Å². The first-order valence-corrected chi connectivity index (χ1v) is 5.80. The number of hydrogen-bond acceptors (Lipinski definition) is 5. The maximum atomic E-state index is 11.0. The maximum absolute atomic E-state index is 11.0. The van der Waals surface area contributed by atoms with E-state index < -0.39 is 16.9 Å². The summed E-state index contributed by atoms with van der Waals surface area (Å²) < 4.78 is 0. The molecule has 0 spiro atoms. The number of carbonyl (C=O) groups excluding carboxylic acids is 1. The van der Waals surface area contributed by atoms with Crippen molar-refractivity contribution in [1.82, 2.24) is 0 Å². The number of aliphatic hydroxyl groups is 1. The molecule has 0 saturated carbocycles. The smallest absolute Gasteiger partial charge is 0.293 e. The number of nitrogens with zero attached hydrogens (tertiary/aromatic N) is 2. The second kappa shape index (κ2) is 6.14. The van der Waals surface area contributed by atoms with E-state index in [-0.39, 0.29) is 11.3 Å². The quantitative estimate of drug-likeness (QED) is 0.587. The molecule has 7 heteroatoms. The zero-order chi connectivity index (χ0) is 14.6. The number of carbonyl (C=O) groups is 1. The van der Waals surface area contributed by atoms with Crippen LogP contribution in [0.15, 0.2) is 18.2 Å². The lowest BCUT2D eigenvalue weighted by Crippen LogP contribution is -2.23. The lowest BCUT2D eigenvalue weighted by molar-refractivity contribution is -0.384. The molecule has 1 rings (SSSR count). The lowest BCUT2D eigenvalue weighted by atomic mass is 10.1. The van der Waals surface area contributed by atoms with Gasteiger partial charge in [0.05, 0.1) is 11.0 Å². The molecule has 0 aliphatic rings. The summed E-state index contributed by atoms with van der Waals surface area (Å²) in [5.41, 5.74) is 5.40. The first kappa shape index (κ1) is 14.9. The molecule has 0 radical (unpaired) electrons. The number of primary amides is 1. The molecule has 0 saturated heterocycles. The summed E-state index contributed by atoms with van der Waals surface area (Å²) >= 11 is 0. The summed E-state index contributed by atoms with van der Waals surface area (Å²) in [7, 11) is 1.69. The molecule has 1 amide bonds. The van der Waals surface area contributed by atoms with Crippen molar-refractivity contribution >= 4 is 17.3 Å². The molecule has 1 atom stereocenters. The molecular formula is C12H17N3O4. The van der Waals surface area contributed by atoms with Crippen molar-refractivity contribution in [2.45, 2.75) is 19.4 Å². The lowest BCUT2D eigenvalue weighted by Gasteiger charge is -2.20. The van der Waals surface area contributed by atoms with Gasteiger partial charge in [-0.25, -0.2) is 0 Å². The van der Waals surface area contributed by atoms with Gasteiger partial charge >= 0.3 is 0 Å². The summed E-state index contributed by atoms with van der Waals surface area (Å²) in [5, 5.41) is 20.2. The number of rotatable bonds is 6. The van der Waals surface area contributed by atoms with Crippen molar-refractivity contribution in [3.8, 4) is 0 Å². The number of aliphatic hydroxyl groups excluding tert-OH is 1. The van der Waals surface area contributed by atoms with Crippen molar-refractivity contribution in [2.24, 2.45) is 5.73 Å². The van der Waals surface area contributed by atoms with Crippen LogP contribution in [0.3, 0.4) is 0 Å². The van der Waals surface area contributed by atoms with Gasteiger partial charge in [0.1, 0.15) is 5.69 Å². The number of nitro groups is 1. The Bertz CT molecular complexity index is 488. The summed E-state index contributed by atoms with van der Waals surface area (Å²) in [6.07, 6.45) is 0.0111. The topological polar surface area (TPSA) is 110 Å². The van der Waals surface area contributed by atoms with Crippen LogP contribution in [0.25, 0.3) is 0 Å². The van der Waals surface area contributed by atoms with Gasteiger partial charge in [-0.2, -0.15) is 0 Å². The normalized spacial score (nSPS) is 11.9. The molecule has 104 valence electrons. The second-order valence-electron chi connectivity index (χ2n) is 4.38. The van der Waals surface area contributed by atoms with E-state index in [0.29, 0.717) is 18.7 Å². The van der Waals surface area contributed by atoms with Crippen LogP contribution in [0, 0.1) is 10.1 Å². The molecule has 3 N–H and O–H groups in total. The van der Waals surface area contributed by atoms with Crippen LogP contribution in [-0.4, -0.2) is 35.6 Å². The molecule has 19 heavy (non-hydrogen) atoms. The highest BCUT2D eigenvalue weighted by Crippen LogP contribution is 2.28. The third kappa shape index (κ3) is 3.92. The van der Waals surface area contributed by atoms with Gasteiger partial charge in [0, 0.05) is 25.2 Å². The fourth-order valence-corrected chi connectivity index (χ4v) is 1.65. The van der Waals surface area contributed by atoms with Gasteiger partial charge in [0.25, 0.3) is 5.69 Å². The molecule has 1 unspecified atom stereocenters. The highest BCUT2D eigenvalue weighted by Gasteiger charge is 2.19. The standard InChI is InChI=1S/C12H17N3O4/c1-8(16)5-6-14(2)10-4-3-9(12(13)17)7-11(10)15(18)19/h3-4,7-8,16H,5-6H2,1-2H3,(H2,13,17). The van der Waals surface area contributed by atoms with Crippen LogP contribution in [0.4, 0.5) is 11.4 Å². The minimum absolute atomic E-state index is 0.0966. The van der Waals surface area contributed by atoms with Gasteiger partial charge in [-0.05, 0) is 25.5 Å². The second-order valence-corrected chi connectivity index (χ2v) is 4.38. The number of anilines is 1. The highest BCUT2D eigenvalue weighted by atomic mass is 16.6. The highest BCUT2D eigenvalue weighted by molar-refractivity contribution is 5.94. The van der Waals surface area contributed by atoms with Gasteiger partial charge in [-0.15, -0.1) is 0 Å². The molecule has 0 aliphatic carbocycles. The third-order valence-corrected chi connectivity index (χ3v) is 2.75. The zero-order valence-electron chi connectivity index (χ0n) is 10.9. The Morgan fingerprint density at radius 2 is 2.21 bits per heavy atom. The minimum Gasteiger partial charge on any atom is -0.393 e. The Balaban J connectivity index is 3.06. The first-order chi connectivity index (χ1) is 8.82. The van der Waals surface area contributed by atoms with Crippen molar-refractivity contribution in [2.75, 3.05) is 18.5 Å². The van der Waals surface area contributed by atoms with E-state index >= 15 is 0 Å². The molecule has 7 nitrogen and oxygen atoms in total. The van der Waals surface area contributed by atoms with Gasteiger partial charge in [0.15, 0.2) is 0 Å². The van der Waals surface area contributed by atoms with Crippen molar-refractivity contribution in [3.63, 3.8) is 0 Å². The van der Waals surface area contributed by atoms with E-state index in [0.717, 1.165) is 6.07 Å². The van der Waals surface area contributed by atoms with Gasteiger partial charge < -0.3 is 15.7 Å². The van der Waals surface area contributed by atoms with Gasteiger partial charge in [-0.3, -0.25) is 14.9 Å². The third-order valence-electron chi connectivity index (χ3n) is 2.75. The average molecular weight is 267 g/mol. The van der Waals surface area contributed by atoms with Crippen LogP contribution in [0.2, 0.25) is 0 Å². The molecular weight excluding hydrogens is 250 g/mol. The fourth-order valence-electron chi connectivity index (χ4n) is 1.65. The maximum Gasteiger partial charge on any atom is 0.293 e. The van der Waals surface area contributed by atoms with Gasteiger partial charge in [0.2, 0.25) is 5.91 Å². The summed E-state index contributed by atoms with van der Waals surface area (Å²) in [4.78, 5) is 23.1. The number of nitro benzene ring substituents is 1. The Hall–Kier alpha value is -2.15. The molecule has 0 heterocycles. The molecule has 1 aromatic carbocycles. The van der Waals surface area contributed by atoms with E-state index in [1.54, 1.807) is 18.9 Å². The predicted molar refractivity (Wildman–Crippen MR) is 71.2 cm³/mol. The summed E-state index contributed by atoms with van der Waals surface area (Å²) in [6, 6.07) is 4.10. The van der Waals surface area contributed by atoms with Crippen LogP contribution in [0.1, 0.15) is 23.7 Å². The monoisotopic (exact) mass is 267 g/mol. The van der Waals surface area contributed by atoms with Crippen LogP contribution in [0.5, 0.6) is 0 Å². The molecule has 0 aliphatic heterocycles. The Morgan fingerprint density at radius 3 is 2.68 bits per heavy atom. The number of hydrogen-bond donors (Lipinski definition) is 2. The van der Waals surface area contributed by atoms with Crippen molar-refractivity contribution in [1.29, 1.82) is 0 Å². The van der Waals surface area contributed by atoms with E-state index in [1.165, 1.54) is 12.1 Å². The molecule has 0 aromatic heterocycles. The first-order valence-electron chi connectivity index (χ1n) is 5.80. The minimum atomic E-state index is -0.707. The van der Waals surface area contributed by atoms with E-state index in [4.69, 9.17) is 5.73 Å². The average Bonchev–Trinajstić information content (AvgIpc) is 2.34. The Labute approximate surface area is 110 Å². The molecule has 0 fully saturated rings. The molecule has 1 aromatic rings. The number of benzene rings is 1. The van der Waals surface area contributed by atoms with Crippen LogP contribution >= 0.6 is 0 Å². The zero-order valence-corrected chi connectivity index (χ0v) is 10.9.